The second kappa shape index (κ2) is 8.53. The summed E-state index contributed by atoms with van der Waals surface area (Å²) in [6.45, 7) is 2.08. The number of halogens is 1. The summed E-state index contributed by atoms with van der Waals surface area (Å²) in [6, 6.07) is 10.9. The normalized spacial score (nSPS) is 12.2. The lowest BCUT2D eigenvalue weighted by Crippen LogP contribution is -2.18. The zero-order chi connectivity index (χ0) is 22.9. The molecule has 1 atom stereocenters. The second-order valence-corrected chi connectivity index (χ2v) is 8.06. The predicted molar refractivity (Wildman–Crippen MR) is 127 cm³/mol. The van der Waals surface area contributed by atoms with E-state index in [1.165, 1.54) is 6.33 Å². The molecule has 1 unspecified atom stereocenters. The highest BCUT2D eigenvalue weighted by molar-refractivity contribution is 6.30. The second-order valence-electron chi connectivity index (χ2n) is 7.62. The molecular formula is C23H20ClN7O2. The van der Waals surface area contributed by atoms with Crippen molar-refractivity contribution < 1.29 is 5.11 Å². The van der Waals surface area contributed by atoms with E-state index in [1.54, 1.807) is 36.7 Å². The van der Waals surface area contributed by atoms with Crippen molar-refractivity contribution in [2.24, 2.45) is 0 Å². The fourth-order valence-electron chi connectivity index (χ4n) is 3.75. The molecule has 0 aliphatic heterocycles. The Morgan fingerprint density at radius 1 is 1.15 bits per heavy atom. The zero-order valence-electron chi connectivity index (χ0n) is 17.6. The van der Waals surface area contributed by atoms with Crippen molar-refractivity contribution in [3.05, 3.63) is 81.6 Å². The van der Waals surface area contributed by atoms with Gasteiger partial charge in [-0.2, -0.15) is 0 Å². The fraction of sp³-hybridized carbons (Fsp3) is 0.130. The average Bonchev–Trinajstić information content (AvgIpc) is 3.48. The Balaban J connectivity index is 1.49. The van der Waals surface area contributed by atoms with Gasteiger partial charge in [0, 0.05) is 29.5 Å². The Labute approximate surface area is 192 Å². The molecule has 5 N–H and O–H groups in total. The first-order valence-corrected chi connectivity index (χ1v) is 10.6. The summed E-state index contributed by atoms with van der Waals surface area (Å²) in [6.07, 6.45) is 3.92. The van der Waals surface area contributed by atoms with Crippen LogP contribution in [0.1, 0.15) is 17.2 Å². The Bertz CT molecular complexity index is 1490. The molecule has 0 aliphatic carbocycles. The van der Waals surface area contributed by atoms with Gasteiger partial charge in [0.25, 0.3) is 5.56 Å². The molecule has 5 rings (SSSR count). The van der Waals surface area contributed by atoms with Crippen molar-refractivity contribution >= 4 is 28.5 Å². The first kappa shape index (κ1) is 20.9. The van der Waals surface area contributed by atoms with Crippen LogP contribution in [0.15, 0.2) is 59.9 Å². The highest BCUT2D eigenvalue weighted by Gasteiger charge is 2.18. The maximum atomic E-state index is 12.7. The highest BCUT2D eigenvalue weighted by atomic mass is 35.5. The molecule has 3 aromatic heterocycles. The number of nitrogens with one attached hydrogen (secondary N) is 4. The number of H-pyrrole nitrogens is 3. The Hall–Kier alpha value is -3.95. The number of rotatable bonds is 6. The minimum Gasteiger partial charge on any atom is -0.387 e. The molecule has 5 aromatic rings. The molecule has 166 valence electrons. The molecule has 9 nitrogen and oxygen atoms in total. The molecule has 0 amide bonds. The van der Waals surface area contributed by atoms with E-state index in [0.29, 0.717) is 22.2 Å². The number of anilines is 1. The number of aromatic amines is 3. The van der Waals surface area contributed by atoms with Gasteiger partial charge in [-0.25, -0.2) is 15.0 Å². The van der Waals surface area contributed by atoms with Gasteiger partial charge in [0.2, 0.25) is 0 Å². The van der Waals surface area contributed by atoms with Gasteiger partial charge in [0.05, 0.1) is 23.5 Å². The fourth-order valence-corrected chi connectivity index (χ4v) is 3.95. The molecule has 10 heteroatoms. The average molecular weight is 462 g/mol. The number of nitrogens with zero attached hydrogens (tertiary/aromatic N) is 3. The van der Waals surface area contributed by atoms with Gasteiger partial charge in [-0.15, -0.1) is 0 Å². The van der Waals surface area contributed by atoms with Crippen molar-refractivity contribution in [3.8, 4) is 22.8 Å². The molecule has 0 saturated carbocycles. The van der Waals surface area contributed by atoms with Gasteiger partial charge in [-0.3, -0.25) is 4.79 Å². The lowest BCUT2D eigenvalue weighted by Gasteiger charge is -2.14. The Morgan fingerprint density at radius 3 is 2.82 bits per heavy atom. The van der Waals surface area contributed by atoms with Gasteiger partial charge >= 0.3 is 0 Å². The summed E-state index contributed by atoms with van der Waals surface area (Å²) in [4.78, 5) is 34.9. The number of imidazole rings is 2. The van der Waals surface area contributed by atoms with E-state index in [-0.39, 0.29) is 17.7 Å². The van der Waals surface area contributed by atoms with E-state index in [4.69, 9.17) is 11.6 Å². The minimum atomic E-state index is -0.841. The smallest absolute Gasteiger partial charge is 0.263 e. The van der Waals surface area contributed by atoms with E-state index >= 15 is 0 Å². The van der Waals surface area contributed by atoms with Gasteiger partial charge in [0.1, 0.15) is 23.0 Å². The summed E-state index contributed by atoms with van der Waals surface area (Å²) >= 11 is 6.02. The lowest BCUT2D eigenvalue weighted by molar-refractivity contribution is 0.191. The lowest BCUT2D eigenvalue weighted by atomic mass is 10.1. The molecule has 33 heavy (non-hydrogen) atoms. The third-order valence-corrected chi connectivity index (χ3v) is 5.57. The molecule has 0 bridgehead atoms. The summed E-state index contributed by atoms with van der Waals surface area (Å²) < 4.78 is 0. The number of aromatic nitrogens is 6. The summed E-state index contributed by atoms with van der Waals surface area (Å²) in [7, 11) is 0. The number of aliphatic hydroxyl groups excluding tert-OH is 1. The number of hydrogen-bond acceptors (Lipinski definition) is 6. The van der Waals surface area contributed by atoms with Gasteiger partial charge in [0.15, 0.2) is 0 Å². The number of fused-ring (bicyclic) bond motifs is 1. The van der Waals surface area contributed by atoms with Crippen LogP contribution < -0.4 is 10.9 Å². The molecule has 0 fully saturated rings. The summed E-state index contributed by atoms with van der Waals surface area (Å²) in [5.74, 6) is 1.43. The van der Waals surface area contributed by atoms with Crippen molar-refractivity contribution in [3.63, 3.8) is 0 Å². The van der Waals surface area contributed by atoms with Crippen LogP contribution in [0.5, 0.6) is 0 Å². The van der Waals surface area contributed by atoms with Gasteiger partial charge < -0.3 is 25.4 Å². The molecular weight excluding hydrogens is 442 g/mol. The predicted octanol–water partition coefficient (Wildman–Crippen LogP) is 3.81. The molecule has 0 saturated heterocycles. The van der Waals surface area contributed by atoms with Crippen LogP contribution in [0.4, 0.5) is 5.82 Å². The topological polar surface area (TPSA) is 135 Å². The van der Waals surface area contributed by atoms with E-state index in [2.05, 4.69) is 35.2 Å². The van der Waals surface area contributed by atoms with Crippen LogP contribution in [0.3, 0.4) is 0 Å². The van der Waals surface area contributed by atoms with Crippen LogP contribution in [-0.2, 0) is 0 Å². The van der Waals surface area contributed by atoms with Gasteiger partial charge in [-0.05, 0) is 42.3 Å². The van der Waals surface area contributed by atoms with Crippen LogP contribution in [-0.4, -0.2) is 41.6 Å². The van der Waals surface area contributed by atoms with Crippen LogP contribution in [0.25, 0.3) is 33.8 Å². The van der Waals surface area contributed by atoms with E-state index in [9.17, 15) is 9.90 Å². The van der Waals surface area contributed by atoms with E-state index < -0.39 is 6.10 Å². The van der Waals surface area contributed by atoms with Crippen LogP contribution in [0.2, 0.25) is 5.02 Å². The molecule has 0 radical (unpaired) electrons. The molecule has 0 aliphatic rings. The number of aliphatic hydroxyl groups is 1. The first-order chi connectivity index (χ1) is 16.0. The monoisotopic (exact) mass is 461 g/mol. The largest absolute Gasteiger partial charge is 0.387 e. The van der Waals surface area contributed by atoms with Crippen LogP contribution >= 0.6 is 11.6 Å². The highest BCUT2D eigenvalue weighted by Crippen LogP contribution is 2.28. The van der Waals surface area contributed by atoms with E-state index in [0.717, 1.165) is 28.0 Å². The Morgan fingerprint density at radius 2 is 2.03 bits per heavy atom. The third-order valence-electron chi connectivity index (χ3n) is 5.34. The summed E-state index contributed by atoms with van der Waals surface area (Å²) in [5.41, 5.74) is 3.92. The Kier molecular flexibility index (Phi) is 5.41. The number of hydrogen-bond donors (Lipinski definition) is 5. The molecule has 2 aromatic carbocycles. The summed E-state index contributed by atoms with van der Waals surface area (Å²) in [5, 5.41) is 14.1. The zero-order valence-corrected chi connectivity index (χ0v) is 18.3. The van der Waals surface area contributed by atoms with Crippen molar-refractivity contribution in [1.82, 2.24) is 29.9 Å². The first-order valence-electron chi connectivity index (χ1n) is 10.2. The third kappa shape index (κ3) is 4.11. The van der Waals surface area contributed by atoms with Gasteiger partial charge in [-0.1, -0.05) is 23.7 Å². The maximum Gasteiger partial charge on any atom is 0.263 e. The number of benzene rings is 2. The maximum absolute atomic E-state index is 12.7. The van der Waals surface area contributed by atoms with Crippen LogP contribution in [0, 0.1) is 6.92 Å². The minimum absolute atomic E-state index is 0.131. The van der Waals surface area contributed by atoms with Crippen molar-refractivity contribution in [1.29, 1.82) is 0 Å². The molecule has 3 heterocycles. The standard InChI is InChI=1S/C23H20ClN7O2/c1-12-7-14(20-25-5-6-26-20)9-16-19(12)31-22(30-16)18-21(28-11-29-23(18)33)27-10-17(32)13-3-2-4-15(24)8-13/h2-9,11,17,32H,10H2,1H3,(H,25,26)(H,30,31)(H2,27,28,29,33). The SMILES string of the molecule is Cc1cc(-c2ncc[nH]2)cc2[nH]c(-c3c(NCC(O)c4cccc(Cl)c4)nc[nH]c3=O)nc12. The van der Waals surface area contributed by atoms with Crippen molar-refractivity contribution in [2.45, 2.75) is 13.0 Å². The van der Waals surface area contributed by atoms with Crippen molar-refractivity contribution in [2.75, 3.05) is 11.9 Å². The van der Waals surface area contributed by atoms with E-state index in [1.807, 2.05) is 19.1 Å². The quantitative estimate of drug-likeness (QED) is 0.261. The number of aryl methyl sites for hydroxylation is 1. The molecule has 0 spiro atoms.